The van der Waals surface area contributed by atoms with Crippen molar-refractivity contribution in [3.05, 3.63) is 23.2 Å². The second-order valence-corrected chi connectivity index (χ2v) is 6.84. The Bertz CT molecular complexity index is 426. The number of carboxylic acid groups (broad SMARTS) is 1. The summed E-state index contributed by atoms with van der Waals surface area (Å²) >= 11 is 0. The van der Waals surface area contributed by atoms with E-state index in [9.17, 15) is 9.00 Å². The van der Waals surface area contributed by atoms with Gasteiger partial charge in [0.05, 0.1) is 5.75 Å². The lowest BCUT2D eigenvalue weighted by Crippen LogP contribution is -2.22. The van der Waals surface area contributed by atoms with E-state index < -0.39 is 16.8 Å². The first kappa shape index (κ1) is 13.0. The first-order chi connectivity index (χ1) is 7.21. The van der Waals surface area contributed by atoms with Crippen LogP contribution in [0.4, 0.5) is 0 Å². The normalized spacial score (nSPS) is 13.8. The summed E-state index contributed by atoms with van der Waals surface area (Å²) in [5, 5.41) is 8.80. The van der Waals surface area contributed by atoms with E-state index >= 15 is 0 Å². The van der Waals surface area contributed by atoms with E-state index in [2.05, 4.69) is 0 Å². The Labute approximate surface area is 97.1 Å². The van der Waals surface area contributed by atoms with Gasteiger partial charge in [-0.15, -0.1) is 0 Å². The van der Waals surface area contributed by atoms with Gasteiger partial charge in [-0.1, -0.05) is 0 Å². The molecule has 16 heavy (non-hydrogen) atoms. The Balaban J connectivity index is 2.88. The standard InChI is InChI=1S/C11H16O4S/c1-7-5-8(15-9(7)10(12)13)6-16(14)11(2,3)4/h5H,6H2,1-4H3,(H,12,13). The van der Waals surface area contributed by atoms with Gasteiger partial charge in [0.1, 0.15) is 5.76 Å². The highest BCUT2D eigenvalue weighted by molar-refractivity contribution is 7.85. The number of furan rings is 1. The molecule has 0 fully saturated rings. The van der Waals surface area contributed by atoms with Gasteiger partial charge >= 0.3 is 5.97 Å². The summed E-state index contributed by atoms with van der Waals surface area (Å²) in [6.07, 6.45) is 0. The van der Waals surface area contributed by atoms with Gasteiger partial charge < -0.3 is 9.52 Å². The minimum Gasteiger partial charge on any atom is -0.475 e. The Morgan fingerprint density at radius 1 is 1.50 bits per heavy atom. The quantitative estimate of drug-likeness (QED) is 0.886. The third-order valence-electron chi connectivity index (χ3n) is 2.12. The van der Waals surface area contributed by atoms with E-state index in [4.69, 9.17) is 9.52 Å². The molecular formula is C11H16O4S. The summed E-state index contributed by atoms with van der Waals surface area (Å²) in [4.78, 5) is 10.7. The van der Waals surface area contributed by atoms with Crippen LogP contribution in [0.3, 0.4) is 0 Å². The fourth-order valence-electron chi connectivity index (χ4n) is 1.18. The highest BCUT2D eigenvalue weighted by Crippen LogP contribution is 2.20. The van der Waals surface area contributed by atoms with Crippen molar-refractivity contribution in [2.45, 2.75) is 38.2 Å². The lowest BCUT2D eigenvalue weighted by atomic mass is 10.3. The zero-order valence-corrected chi connectivity index (χ0v) is 10.7. The summed E-state index contributed by atoms with van der Waals surface area (Å²) < 4.78 is 16.6. The van der Waals surface area contributed by atoms with E-state index in [-0.39, 0.29) is 16.3 Å². The maximum atomic E-state index is 11.8. The number of aromatic carboxylic acids is 1. The molecule has 90 valence electrons. The van der Waals surface area contributed by atoms with E-state index in [1.54, 1.807) is 13.0 Å². The van der Waals surface area contributed by atoms with Crippen LogP contribution in [0.15, 0.2) is 10.5 Å². The molecule has 5 heteroatoms. The second-order valence-electron chi connectivity index (χ2n) is 4.63. The molecule has 1 N–H and O–H groups in total. The molecule has 0 spiro atoms. The topological polar surface area (TPSA) is 67.5 Å². The van der Waals surface area contributed by atoms with Gasteiger partial charge in [0, 0.05) is 21.1 Å². The third kappa shape index (κ3) is 2.95. The second kappa shape index (κ2) is 4.41. The van der Waals surface area contributed by atoms with Crippen molar-refractivity contribution in [3.8, 4) is 0 Å². The van der Waals surface area contributed by atoms with Crippen LogP contribution >= 0.6 is 0 Å². The number of rotatable bonds is 3. The molecule has 0 aromatic carbocycles. The Hall–Kier alpha value is -1.10. The maximum absolute atomic E-state index is 11.8. The van der Waals surface area contributed by atoms with Crippen LogP contribution in [0.5, 0.6) is 0 Å². The largest absolute Gasteiger partial charge is 0.475 e. The predicted molar refractivity (Wildman–Crippen MR) is 62.0 cm³/mol. The molecule has 0 bridgehead atoms. The van der Waals surface area contributed by atoms with Gasteiger partial charge in [0.25, 0.3) is 0 Å². The van der Waals surface area contributed by atoms with E-state index in [1.807, 2.05) is 20.8 Å². The van der Waals surface area contributed by atoms with Crippen molar-refractivity contribution in [3.63, 3.8) is 0 Å². The molecule has 0 aliphatic rings. The van der Waals surface area contributed by atoms with E-state index in [0.717, 1.165) is 0 Å². The number of hydrogen-bond donors (Lipinski definition) is 1. The molecule has 0 saturated heterocycles. The lowest BCUT2D eigenvalue weighted by molar-refractivity contribution is 0.0659. The average Bonchev–Trinajstić information content (AvgIpc) is 2.45. The van der Waals surface area contributed by atoms with Crippen LogP contribution in [0.2, 0.25) is 0 Å². The highest BCUT2D eigenvalue weighted by atomic mass is 32.2. The molecule has 1 unspecified atom stereocenters. The minimum absolute atomic E-state index is 0.0686. The van der Waals surface area contributed by atoms with Gasteiger partial charge in [-0.05, 0) is 33.8 Å². The van der Waals surface area contributed by atoms with Crippen molar-refractivity contribution < 1.29 is 18.5 Å². The molecule has 1 heterocycles. The zero-order chi connectivity index (χ0) is 12.5. The Kier molecular flexibility index (Phi) is 3.57. The van der Waals surface area contributed by atoms with Crippen molar-refractivity contribution in [2.24, 2.45) is 0 Å². The SMILES string of the molecule is Cc1cc(CS(=O)C(C)(C)C)oc1C(=O)O. The average molecular weight is 244 g/mol. The van der Waals surface area contributed by atoms with Crippen molar-refractivity contribution in [2.75, 3.05) is 0 Å². The molecular weight excluding hydrogens is 228 g/mol. The van der Waals surface area contributed by atoms with Crippen molar-refractivity contribution in [1.29, 1.82) is 0 Å². The summed E-state index contributed by atoms with van der Waals surface area (Å²) in [6, 6.07) is 1.63. The van der Waals surface area contributed by atoms with Gasteiger partial charge in [0.15, 0.2) is 0 Å². The number of carboxylic acids is 1. The molecule has 0 saturated carbocycles. The fraction of sp³-hybridized carbons (Fsp3) is 0.545. The molecule has 0 aliphatic heterocycles. The van der Waals surface area contributed by atoms with Crippen molar-refractivity contribution >= 4 is 16.8 Å². The van der Waals surface area contributed by atoms with Crippen LogP contribution in [-0.2, 0) is 16.6 Å². The van der Waals surface area contributed by atoms with Gasteiger partial charge in [0.2, 0.25) is 5.76 Å². The first-order valence-corrected chi connectivity index (χ1v) is 6.25. The lowest BCUT2D eigenvalue weighted by Gasteiger charge is -2.16. The molecule has 4 nitrogen and oxygen atoms in total. The molecule has 0 radical (unpaired) electrons. The Morgan fingerprint density at radius 3 is 2.44 bits per heavy atom. The summed E-state index contributed by atoms with van der Waals surface area (Å²) in [7, 11) is -1.08. The number of hydrogen-bond acceptors (Lipinski definition) is 3. The van der Waals surface area contributed by atoms with Gasteiger partial charge in [-0.25, -0.2) is 4.79 Å². The van der Waals surface area contributed by atoms with Crippen LogP contribution in [0.25, 0.3) is 0 Å². The predicted octanol–water partition coefficient (Wildman–Crippen LogP) is 2.33. The molecule has 1 aromatic heterocycles. The van der Waals surface area contributed by atoms with Crippen LogP contribution in [0.1, 0.15) is 42.6 Å². The van der Waals surface area contributed by atoms with Gasteiger partial charge in [-0.3, -0.25) is 4.21 Å². The Morgan fingerprint density at radius 2 is 2.06 bits per heavy atom. The maximum Gasteiger partial charge on any atom is 0.372 e. The summed E-state index contributed by atoms with van der Waals surface area (Å²) in [6.45, 7) is 7.28. The monoisotopic (exact) mass is 244 g/mol. The van der Waals surface area contributed by atoms with Crippen LogP contribution in [0, 0.1) is 6.92 Å². The number of aryl methyl sites for hydroxylation is 1. The first-order valence-electron chi connectivity index (χ1n) is 4.93. The highest BCUT2D eigenvalue weighted by Gasteiger charge is 2.22. The third-order valence-corrected chi connectivity index (χ3v) is 4.03. The molecule has 0 aliphatic carbocycles. The smallest absolute Gasteiger partial charge is 0.372 e. The molecule has 0 amide bonds. The molecule has 1 aromatic rings. The molecule has 1 rings (SSSR count). The van der Waals surface area contributed by atoms with E-state index in [1.165, 1.54) is 0 Å². The molecule has 1 atom stereocenters. The zero-order valence-electron chi connectivity index (χ0n) is 9.86. The van der Waals surface area contributed by atoms with Gasteiger partial charge in [-0.2, -0.15) is 0 Å². The van der Waals surface area contributed by atoms with Crippen molar-refractivity contribution in [1.82, 2.24) is 0 Å². The summed E-state index contributed by atoms with van der Waals surface area (Å²) in [5.41, 5.74) is 0.563. The van der Waals surface area contributed by atoms with Crippen LogP contribution in [-0.4, -0.2) is 20.0 Å². The van der Waals surface area contributed by atoms with Crippen LogP contribution < -0.4 is 0 Å². The van der Waals surface area contributed by atoms with E-state index in [0.29, 0.717) is 11.3 Å². The minimum atomic E-state index is -1.09. The fourth-order valence-corrected chi connectivity index (χ4v) is 2.01. The number of carbonyl (C=O) groups is 1. The summed E-state index contributed by atoms with van der Waals surface area (Å²) in [5.74, 6) is -0.452.